The molecule has 2 atom stereocenters. The molecule has 0 amide bonds. The van der Waals surface area contributed by atoms with E-state index in [4.69, 9.17) is 4.74 Å². The number of cyclic esters (lactones) is 1. The van der Waals surface area contributed by atoms with Gasteiger partial charge >= 0.3 is 5.97 Å². The van der Waals surface area contributed by atoms with Gasteiger partial charge in [0.1, 0.15) is 11.4 Å². The standard InChI is InChI=1S/C11H15N3O2S2/c1-7-6-8(9(15)16-7)17-11-13-12-10(18-11)14-4-2-3-5-14/h7-8H,2-6H2,1H3. The summed E-state index contributed by atoms with van der Waals surface area (Å²) in [5.41, 5.74) is 0. The molecule has 2 aliphatic heterocycles. The first-order valence-corrected chi connectivity index (χ1v) is 7.87. The monoisotopic (exact) mass is 285 g/mol. The lowest BCUT2D eigenvalue weighted by atomic mass is 10.3. The van der Waals surface area contributed by atoms with Crippen LogP contribution in [0.4, 0.5) is 5.13 Å². The van der Waals surface area contributed by atoms with Crippen molar-refractivity contribution in [3.05, 3.63) is 0 Å². The first kappa shape index (κ1) is 12.2. The predicted molar refractivity (Wildman–Crippen MR) is 71.2 cm³/mol. The van der Waals surface area contributed by atoms with Crippen LogP contribution < -0.4 is 4.90 Å². The molecule has 0 saturated carbocycles. The minimum absolute atomic E-state index is 0.0287. The second kappa shape index (κ2) is 5.05. The van der Waals surface area contributed by atoms with Crippen LogP contribution in [0.25, 0.3) is 0 Å². The van der Waals surface area contributed by atoms with Crippen LogP contribution in [0.2, 0.25) is 0 Å². The quantitative estimate of drug-likeness (QED) is 0.791. The number of rotatable bonds is 3. The van der Waals surface area contributed by atoms with Gasteiger partial charge in [0.15, 0.2) is 4.34 Å². The summed E-state index contributed by atoms with van der Waals surface area (Å²) in [5, 5.41) is 9.24. The fourth-order valence-corrected chi connectivity index (χ4v) is 4.47. The first-order valence-electron chi connectivity index (χ1n) is 6.18. The Balaban J connectivity index is 1.64. The Hall–Kier alpha value is -0.820. The van der Waals surface area contributed by atoms with Gasteiger partial charge in [-0.2, -0.15) is 0 Å². The van der Waals surface area contributed by atoms with E-state index < -0.39 is 0 Å². The molecule has 0 aliphatic carbocycles. The molecule has 0 radical (unpaired) electrons. The van der Waals surface area contributed by atoms with Crippen molar-refractivity contribution in [1.82, 2.24) is 10.2 Å². The number of ether oxygens (including phenoxy) is 1. The average molecular weight is 285 g/mol. The second-order valence-electron chi connectivity index (χ2n) is 4.63. The van der Waals surface area contributed by atoms with E-state index in [1.807, 2.05) is 6.92 Å². The summed E-state index contributed by atoms with van der Waals surface area (Å²) < 4.78 is 6.01. The topological polar surface area (TPSA) is 55.3 Å². The highest BCUT2D eigenvalue weighted by molar-refractivity contribution is 8.02. The minimum atomic E-state index is -0.120. The molecule has 3 heterocycles. The molecule has 2 saturated heterocycles. The highest BCUT2D eigenvalue weighted by Crippen LogP contribution is 2.36. The first-order chi connectivity index (χ1) is 8.72. The minimum Gasteiger partial charge on any atom is -0.462 e. The summed E-state index contributed by atoms with van der Waals surface area (Å²) in [7, 11) is 0. The molecule has 3 rings (SSSR count). The molecular formula is C11H15N3O2S2. The van der Waals surface area contributed by atoms with Gasteiger partial charge in [0, 0.05) is 19.5 Å². The van der Waals surface area contributed by atoms with E-state index in [-0.39, 0.29) is 17.3 Å². The molecule has 2 unspecified atom stereocenters. The number of esters is 1. The predicted octanol–water partition coefficient (Wildman–Crippen LogP) is 1.93. The number of hydrogen-bond acceptors (Lipinski definition) is 7. The molecule has 0 bridgehead atoms. The Morgan fingerprint density at radius 2 is 2.17 bits per heavy atom. The lowest BCUT2D eigenvalue weighted by Gasteiger charge is -2.10. The van der Waals surface area contributed by atoms with Gasteiger partial charge in [-0.15, -0.1) is 10.2 Å². The Morgan fingerprint density at radius 1 is 1.39 bits per heavy atom. The summed E-state index contributed by atoms with van der Waals surface area (Å²) in [5.74, 6) is -0.120. The zero-order valence-electron chi connectivity index (χ0n) is 10.2. The smallest absolute Gasteiger partial charge is 0.319 e. The third kappa shape index (κ3) is 2.47. The van der Waals surface area contributed by atoms with E-state index in [2.05, 4.69) is 15.1 Å². The van der Waals surface area contributed by atoms with Crippen molar-refractivity contribution in [3.63, 3.8) is 0 Å². The van der Waals surface area contributed by atoms with Crippen molar-refractivity contribution in [1.29, 1.82) is 0 Å². The normalized spacial score (nSPS) is 27.8. The molecule has 0 aromatic carbocycles. The van der Waals surface area contributed by atoms with Crippen LogP contribution in [-0.4, -0.2) is 40.6 Å². The van der Waals surface area contributed by atoms with Crippen LogP contribution in [0.15, 0.2) is 4.34 Å². The van der Waals surface area contributed by atoms with E-state index in [0.29, 0.717) is 0 Å². The van der Waals surface area contributed by atoms with Gasteiger partial charge in [-0.1, -0.05) is 23.1 Å². The summed E-state index contributed by atoms with van der Waals surface area (Å²) in [6.07, 6.45) is 3.26. The van der Waals surface area contributed by atoms with E-state index in [1.165, 1.54) is 24.6 Å². The summed E-state index contributed by atoms with van der Waals surface area (Å²) in [6, 6.07) is 0. The summed E-state index contributed by atoms with van der Waals surface area (Å²) >= 11 is 3.07. The van der Waals surface area contributed by atoms with Crippen molar-refractivity contribution in [3.8, 4) is 0 Å². The zero-order valence-corrected chi connectivity index (χ0v) is 11.8. The summed E-state index contributed by atoms with van der Waals surface area (Å²) in [4.78, 5) is 13.8. The van der Waals surface area contributed by atoms with Gasteiger partial charge < -0.3 is 9.64 Å². The second-order valence-corrected chi connectivity index (χ2v) is 7.04. The molecule has 2 fully saturated rings. The Kier molecular flexibility index (Phi) is 3.43. The third-order valence-electron chi connectivity index (χ3n) is 3.14. The van der Waals surface area contributed by atoms with Crippen LogP contribution in [0.3, 0.4) is 0 Å². The van der Waals surface area contributed by atoms with Crippen molar-refractivity contribution >= 4 is 34.2 Å². The van der Waals surface area contributed by atoms with Gasteiger partial charge in [-0.3, -0.25) is 4.79 Å². The fourth-order valence-electron chi connectivity index (χ4n) is 2.22. The highest BCUT2D eigenvalue weighted by atomic mass is 32.2. The van der Waals surface area contributed by atoms with Gasteiger partial charge in [-0.05, 0) is 19.8 Å². The number of hydrogen-bond donors (Lipinski definition) is 0. The molecule has 0 spiro atoms. The maximum atomic E-state index is 11.6. The lowest BCUT2D eigenvalue weighted by Crippen LogP contribution is -2.17. The molecule has 1 aromatic heterocycles. The fraction of sp³-hybridized carbons (Fsp3) is 0.727. The molecule has 0 N–H and O–H groups in total. The molecular weight excluding hydrogens is 270 g/mol. The molecule has 7 heteroatoms. The van der Waals surface area contributed by atoms with Crippen LogP contribution in [0, 0.1) is 0 Å². The van der Waals surface area contributed by atoms with Gasteiger partial charge in [-0.25, -0.2) is 0 Å². The third-order valence-corrected chi connectivity index (χ3v) is 5.41. The number of thioether (sulfide) groups is 1. The molecule has 2 aliphatic rings. The maximum Gasteiger partial charge on any atom is 0.319 e. The SMILES string of the molecule is CC1CC(Sc2nnc(N3CCCC3)s2)C(=O)O1. The Morgan fingerprint density at radius 3 is 2.83 bits per heavy atom. The number of anilines is 1. The molecule has 98 valence electrons. The molecule has 1 aromatic rings. The van der Waals surface area contributed by atoms with Crippen LogP contribution >= 0.6 is 23.1 Å². The number of nitrogens with zero attached hydrogens (tertiary/aromatic N) is 3. The van der Waals surface area contributed by atoms with Gasteiger partial charge in [0.05, 0.1) is 0 Å². The van der Waals surface area contributed by atoms with Crippen LogP contribution in [-0.2, 0) is 9.53 Å². The van der Waals surface area contributed by atoms with Crippen molar-refractivity contribution < 1.29 is 9.53 Å². The number of carbonyl (C=O) groups is 1. The Labute approximate surface area is 114 Å². The van der Waals surface area contributed by atoms with Crippen LogP contribution in [0.1, 0.15) is 26.2 Å². The number of carbonyl (C=O) groups excluding carboxylic acids is 1. The molecule has 18 heavy (non-hydrogen) atoms. The van der Waals surface area contributed by atoms with E-state index in [9.17, 15) is 4.79 Å². The lowest BCUT2D eigenvalue weighted by molar-refractivity contribution is -0.140. The Bertz CT molecular complexity index is 445. The zero-order chi connectivity index (χ0) is 12.5. The number of aromatic nitrogens is 2. The van der Waals surface area contributed by atoms with Crippen LogP contribution in [0.5, 0.6) is 0 Å². The highest BCUT2D eigenvalue weighted by Gasteiger charge is 2.33. The van der Waals surface area contributed by atoms with Crippen molar-refractivity contribution in [2.75, 3.05) is 18.0 Å². The van der Waals surface area contributed by atoms with E-state index in [1.54, 1.807) is 11.3 Å². The molecule has 5 nitrogen and oxygen atoms in total. The van der Waals surface area contributed by atoms with E-state index in [0.717, 1.165) is 29.0 Å². The van der Waals surface area contributed by atoms with Crippen molar-refractivity contribution in [2.45, 2.75) is 41.9 Å². The van der Waals surface area contributed by atoms with Crippen molar-refractivity contribution in [2.24, 2.45) is 0 Å². The average Bonchev–Trinajstić information content (AvgIpc) is 3.02. The van der Waals surface area contributed by atoms with E-state index >= 15 is 0 Å². The van der Waals surface area contributed by atoms with Gasteiger partial charge in [0.2, 0.25) is 5.13 Å². The largest absolute Gasteiger partial charge is 0.462 e. The summed E-state index contributed by atoms with van der Waals surface area (Å²) in [6.45, 7) is 4.07. The maximum absolute atomic E-state index is 11.6. The van der Waals surface area contributed by atoms with Gasteiger partial charge in [0.25, 0.3) is 0 Å².